The topological polar surface area (TPSA) is 41.9 Å². The van der Waals surface area contributed by atoms with Gasteiger partial charge in [-0.2, -0.15) is 5.10 Å². The highest BCUT2D eigenvalue weighted by atomic mass is 35.5. The molecule has 100 valence electrons. The van der Waals surface area contributed by atoms with Crippen LogP contribution in [0.2, 0.25) is 10.0 Å². The quantitative estimate of drug-likeness (QED) is 0.851. The molecule has 0 fully saturated rings. The summed E-state index contributed by atoms with van der Waals surface area (Å²) in [4.78, 5) is 0. The SMILES string of the molecule is S=C(NCCn1cc(Cl)cn1)Nc1ccccc1Cl. The van der Waals surface area contributed by atoms with Crippen molar-refractivity contribution in [2.75, 3.05) is 11.9 Å². The lowest BCUT2D eigenvalue weighted by molar-refractivity contribution is 0.604. The largest absolute Gasteiger partial charge is 0.361 e. The molecule has 1 aromatic carbocycles. The van der Waals surface area contributed by atoms with Gasteiger partial charge in [0.1, 0.15) is 0 Å². The number of hydrogen-bond donors (Lipinski definition) is 2. The van der Waals surface area contributed by atoms with Gasteiger partial charge >= 0.3 is 0 Å². The van der Waals surface area contributed by atoms with Gasteiger partial charge in [-0.15, -0.1) is 0 Å². The smallest absolute Gasteiger partial charge is 0.170 e. The molecule has 0 aliphatic rings. The van der Waals surface area contributed by atoms with Crippen LogP contribution in [0.25, 0.3) is 0 Å². The second-order valence-corrected chi connectivity index (χ2v) is 5.03. The molecule has 19 heavy (non-hydrogen) atoms. The average molecular weight is 315 g/mol. The van der Waals surface area contributed by atoms with Gasteiger partial charge in [0, 0.05) is 12.7 Å². The van der Waals surface area contributed by atoms with Gasteiger partial charge in [0.2, 0.25) is 0 Å². The predicted molar refractivity (Wildman–Crippen MR) is 82.9 cm³/mol. The van der Waals surface area contributed by atoms with E-state index >= 15 is 0 Å². The molecular weight excluding hydrogens is 303 g/mol. The molecule has 0 spiro atoms. The second kappa shape index (κ2) is 6.75. The number of hydrogen-bond acceptors (Lipinski definition) is 2. The fourth-order valence-electron chi connectivity index (χ4n) is 1.47. The zero-order chi connectivity index (χ0) is 13.7. The van der Waals surface area contributed by atoms with Gasteiger partial charge in [0.05, 0.1) is 28.5 Å². The Morgan fingerprint density at radius 2 is 2.11 bits per heavy atom. The van der Waals surface area contributed by atoms with Crippen molar-refractivity contribution >= 4 is 46.2 Å². The molecule has 1 aromatic heterocycles. The van der Waals surface area contributed by atoms with Gasteiger partial charge in [0.25, 0.3) is 0 Å². The number of thiocarbonyl (C=S) groups is 1. The standard InChI is InChI=1S/C12H12Cl2N4S/c13-9-7-16-18(8-9)6-5-15-12(19)17-11-4-2-1-3-10(11)14/h1-4,7-8H,5-6H2,(H2,15,17,19). The minimum Gasteiger partial charge on any atom is -0.361 e. The van der Waals surface area contributed by atoms with Crippen molar-refractivity contribution in [1.82, 2.24) is 15.1 Å². The van der Waals surface area contributed by atoms with Crippen molar-refractivity contribution in [2.24, 2.45) is 0 Å². The van der Waals surface area contributed by atoms with Crippen molar-refractivity contribution in [3.63, 3.8) is 0 Å². The van der Waals surface area contributed by atoms with Crippen LogP contribution in [0.4, 0.5) is 5.69 Å². The average Bonchev–Trinajstić information content (AvgIpc) is 2.78. The highest BCUT2D eigenvalue weighted by Gasteiger charge is 2.01. The van der Waals surface area contributed by atoms with Crippen molar-refractivity contribution in [3.05, 3.63) is 46.7 Å². The molecule has 0 atom stereocenters. The van der Waals surface area contributed by atoms with E-state index in [9.17, 15) is 0 Å². The predicted octanol–water partition coefficient (Wildman–Crippen LogP) is 3.18. The zero-order valence-corrected chi connectivity index (χ0v) is 12.3. The number of rotatable bonds is 4. The van der Waals surface area contributed by atoms with E-state index in [0.29, 0.717) is 28.2 Å². The Kier molecular flexibility index (Phi) is 5.01. The Bertz CT molecular complexity index is 570. The molecule has 0 unspecified atom stereocenters. The van der Waals surface area contributed by atoms with Crippen LogP contribution in [0, 0.1) is 0 Å². The number of nitrogens with one attached hydrogen (secondary N) is 2. The summed E-state index contributed by atoms with van der Waals surface area (Å²) in [7, 11) is 0. The molecule has 2 N–H and O–H groups in total. The molecule has 2 aromatic rings. The van der Waals surface area contributed by atoms with Crippen LogP contribution in [0.1, 0.15) is 0 Å². The van der Waals surface area contributed by atoms with Gasteiger partial charge < -0.3 is 10.6 Å². The van der Waals surface area contributed by atoms with Crippen molar-refractivity contribution in [2.45, 2.75) is 6.54 Å². The number of halogens is 2. The highest BCUT2D eigenvalue weighted by molar-refractivity contribution is 7.80. The fraction of sp³-hybridized carbons (Fsp3) is 0.167. The van der Waals surface area contributed by atoms with Crippen LogP contribution in [-0.2, 0) is 6.54 Å². The third-order valence-corrected chi connectivity index (χ3v) is 3.12. The zero-order valence-electron chi connectivity index (χ0n) is 9.94. The van der Waals surface area contributed by atoms with Crippen LogP contribution in [0.15, 0.2) is 36.7 Å². The minimum atomic E-state index is 0.520. The summed E-state index contributed by atoms with van der Waals surface area (Å²) in [5, 5.41) is 12.0. The lowest BCUT2D eigenvalue weighted by Crippen LogP contribution is -2.31. The van der Waals surface area contributed by atoms with E-state index in [1.165, 1.54) is 0 Å². The molecule has 2 rings (SSSR count). The number of aromatic nitrogens is 2. The van der Waals surface area contributed by atoms with E-state index < -0.39 is 0 Å². The lowest BCUT2D eigenvalue weighted by Gasteiger charge is -2.11. The van der Waals surface area contributed by atoms with Crippen LogP contribution in [0.5, 0.6) is 0 Å². The van der Waals surface area contributed by atoms with E-state index in [0.717, 1.165) is 5.69 Å². The summed E-state index contributed by atoms with van der Waals surface area (Å²) in [5.41, 5.74) is 0.781. The normalized spacial score (nSPS) is 10.2. The third-order valence-electron chi connectivity index (χ3n) is 2.35. The maximum absolute atomic E-state index is 6.02. The lowest BCUT2D eigenvalue weighted by atomic mass is 10.3. The first-order valence-corrected chi connectivity index (χ1v) is 6.79. The van der Waals surface area contributed by atoms with Gasteiger partial charge in [0.15, 0.2) is 5.11 Å². The Balaban J connectivity index is 1.77. The van der Waals surface area contributed by atoms with Crippen LogP contribution in [0.3, 0.4) is 0 Å². The van der Waals surface area contributed by atoms with Crippen LogP contribution < -0.4 is 10.6 Å². The van der Waals surface area contributed by atoms with Crippen LogP contribution >= 0.6 is 35.4 Å². The molecule has 0 amide bonds. The Morgan fingerprint density at radius 1 is 1.32 bits per heavy atom. The molecule has 7 heteroatoms. The Hall–Kier alpha value is -1.30. The van der Waals surface area contributed by atoms with Gasteiger partial charge in [-0.1, -0.05) is 35.3 Å². The van der Waals surface area contributed by atoms with Crippen molar-refractivity contribution in [1.29, 1.82) is 0 Å². The molecular formula is C12H12Cl2N4S. The van der Waals surface area contributed by atoms with Gasteiger partial charge in [-0.3, -0.25) is 4.68 Å². The van der Waals surface area contributed by atoms with E-state index in [1.54, 1.807) is 23.1 Å². The Morgan fingerprint density at radius 3 is 2.79 bits per heavy atom. The number of para-hydroxylation sites is 1. The summed E-state index contributed by atoms with van der Waals surface area (Å²) in [5.74, 6) is 0. The highest BCUT2D eigenvalue weighted by Crippen LogP contribution is 2.19. The summed E-state index contributed by atoms with van der Waals surface area (Å²) in [6.07, 6.45) is 3.36. The first-order valence-electron chi connectivity index (χ1n) is 5.62. The van der Waals surface area contributed by atoms with Crippen molar-refractivity contribution < 1.29 is 0 Å². The molecule has 0 saturated carbocycles. The number of benzene rings is 1. The molecule has 0 aliphatic carbocycles. The fourth-order valence-corrected chi connectivity index (χ4v) is 2.02. The van der Waals surface area contributed by atoms with Crippen molar-refractivity contribution in [3.8, 4) is 0 Å². The monoisotopic (exact) mass is 314 g/mol. The third kappa shape index (κ3) is 4.38. The summed E-state index contributed by atoms with van der Waals surface area (Å²) in [6.45, 7) is 1.32. The molecule has 4 nitrogen and oxygen atoms in total. The van der Waals surface area contributed by atoms with E-state index in [2.05, 4.69) is 15.7 Å². The maximum Gasteiger partial charge on any atom is 0.170 e. The van der Waals surface area contributed by atoms with E-state index in [1.807, 2.05) is 18.2 Å². The first kappa shape index (κ1) is 14.1. The van der Waals surface area contributed by atoms with Gasteiger partial charge in [-0.25, -0.2) is 0 Å². The molecule has 0 bridgehead atoms. The van der Waals surface area contributed by atoms with Crippen LogP contribution in [-0.4, -0.2) is 21.4 Å². The first-order chi connectivity index (χ1) is 9.15. The summed E-state index contributed by atoms with van der Waals surface area (Å²) in [6, 6.07) is 7.43. The number of nitrogens with zero attached hydrogens (tertiary/aromatic N) is 2. The van der Waals surface area contributed by atoms with Gasteiger partial charge in [-0.05, 0) is 24.4 Å². The molecule has 1 heterocycles. The maximum atomic E-state index is 6.02. The molecule has 0 radical (unpaired) electrons. The minimum absolute atomic E-state index is 0.520. The van der Waals surface area contributed by atoms with E-state index in [-0.39, 0.29) is 0 Å². The van der Waals surface area contributed by atoms with E-state index in [4.69, 9.17) is 35.4 Å². The Labute approximate surface area is 126 Å². The molecule has 0 saturated heterocycles. The molecule has 0 aliphatic heterocycles. The second-order valence-electron chi connectivity index (χ2n) is 3.78. The number of anilines is 1. The summed E-state index contributed by atoms with van der Waals surface area (Å²) < 4.78 is 1.74. The summed E-state index contributed by atoms with van der Waals surface area (Å²) >= 11 is 17.0.